The van der Waals surface area contributed by atoms with Crippen LogP contribution in [0.2, 0.25) is 0 Å². The topological polar surface area (TPSA) is 57.2 Å². The monoisotopic (exact) mass is 453 g/mol. The predicted octanol–water partition coefficient (Wildman–Crippen LogP) is 3.89. The molecule has 1 amide bonds. The number of carbonyl (C=O) groups is 1. The highest BCUT2D eigenvalue weighted by atomic mass is 19.4. The Kier molecular flexibility index (Phi) is 6.22. The lowest BCUT2D eigenvalue weighted by molar-refractivity contribution is -0.138. The molecule has 1 atom stereocenters. The average molecular weight is 453 g/mol. The van der Waals surface area contributed by atoms with Crippen LogP contribution in [0, 0.1) is 5.82 Å². The molecule has 2 aromatic carbocycles. The lowest BCUT2D eigenvalue weighted by atomic mass is 10.1. The Bertz CT molecular complexity index is 1020. The number of ether oxygens (including phenoxy) is 4. The number of halogens is 4. The van der Waals surface area contributed by atoms with Crippen LogP contribution in [0.25, 0.3) is 6.08 Å². The molecule has 2 aliphatic heterocycles. The van der Waals surface area contributed by atoms with Gasteiger partial charge < -0.3 is 23.8 Å². The van der Waals surface area contributed by atoms with E-state index < -0.39 is 29.6 Å². The second-order valence-electron chi connectivity index (χ2n) is 7.17. The summed E-state index contributed by atoms with van der Waals surface area (Å²) in [7, 11) is 0. The standard InChI is InChI=1S/C22H19F4NO5/c23-15-3-1-14(18(9-15)22(24,25)26)2-6-21(28)27-7-8-29-17(11-27)12-30-16-4-5-19-20(10-16)32-13-31-19/h1-6,9-10,17H,7-8,11-13H2. The number of fused-ring (bicyclic) bond motifs is 1. The fourth-order valence-corrected chi connectivity index (χ4v) is 3.36. The molecule has 4 rings (SSSR count). The number of hydrogen-bond acceptors (Lipinski definition) is 5. The maximum atomic E-state index is 13.2. The SMILES string of the molecule is O=C(C=Cc1ccc(F)cc1C(F)(F)F)N1CCOC(COc2ccc3c(c2)OCO3)C1. The van der Waals surface area contributed by atoms with Crippen LogP contribution in [0.1, 0.15) is 11.1 Å². The van der Waals surface area contributed by atoms with Crippen LogP contribution < -0.4 is 14.2 Å². The molecule has 0 radical (unpaired) electrons. The molecule has 170 valence electrons. The number of alkyl halides is 3. The van der Waals surface area contributed by atoms with Gasteiger partial charge in [-0.05, 0) is 35.9 Å². The summed E-state index contributed by atoms with van der Waals surface area (Å²) in [5.74, 6) is 0.285. The average Bonchev–Trinajstić information content (AvgIpc) is 3.24. The van der Waals surface area contributed by atoms with Crippen LogP contribution in [-0.2, 0) is 15.7 Å². The van der Waals surface area contributed by atoms with Crippen molar-refractivity contribution >= 4 is 12.0 Å². The smallest absolute Gasteiger partial charge is 0.417 e. The van der Waals surface area contributed by atoms with E-state index in [0.717, 1.165) is 24.3 Å². The van der Waals surface area contributed by atoms with Crippen molar-refractivity contribution in [3.63, 3.8) is 0 Å². The minimum Gasteiger partial charge on any atom is -0.491 e. The fourth-order valence-electron chi connectivity index (χ4n) is 3.36. The van der Waals surface area contributed by atoms with Gasteiger partial charge in [0.15, 0.2) is 11.5 Å². The van der Waals surface area contributed by atoms with Gasteiger partial charge >= 0.3 is 6.18 Å². The summed E-state index contributed by atoms with van der Waals surface area (Å²) in [5, 5.41) is 0. The van der Waals surface area contributed by atoms with Crippen molar-refractivity contribution in [1.82, 2.24) is 4.90 Å². The van der Waals surface area contributed by atoms with E-state index in [2.05, 4.69) is 0 Å². The molecule has 0 aliphatic carbocycles. The van der Waals surface area contributed by atoms with Crippen LogP contribution in [0.4, 0.5) is 17.6 Å². The zero-order chi connectivity index (χ0) is 22.7. The maximum absolute atomic E-state index is 13.2. The summed E-state index contributed by atoms with van der Waals surface area (Å²) in [6, 6.07) is 7.45. The van der Waals surface area contributed by atoms with E-state index in [0.29, 0.717) is 29.9 Å². The van der Waals surface area contributed by atoms with Gasteiger partial charge in [-0.3, -0.25) is 4.79 Å². The number of carbonyl (C=O) groups excluding carboxylic acids is 1. The van der Waals surface area contributed by atoms with Crippen molar-refractivity contribution < 1.29 is 41.3 Å². The van der Waals surface area contributed by atoms with Gasteiger partial charge in [0.05, 0.1) is 18.7 Å². The van der Waals surface area contributed by atoms with Crippen molar-refractivity contribution in [2.45, 2.75) is 12.3 Å². The molecule has 0 saturated carbocycles. The Hall–Kier alpha value is -3.27. The van der Waals surface area contributed by atoms with E-state index in [1.54, 1.807) is 18.2 Å². The van der Waals surface area contributed by atoms with Crippen LogP contribution in [0.3, 0.4) is 0 Å². The first kappa shape index (κ1) is 21.9. The molecule has 32 heavy (non-hydrogen) atoms. The molecule has 2 aliphatic rings. The second-order valence-corrected chi connectivity index (χ2v) is 7.17. The van der Waals surface area contributed by atoms with Crippen LogP contribution in [0.5, 0.6) is 17.2 Å². The predicted molar refractivity (Wildman–Crippen MR) is 105 cm³/mol. The Labute approximate surface area is 180 Å². The van der Waals surface area contributed by atoms with Crippen LogP contribution in [0.15, 0.2) is 42.5 Å². The van der Waals surface area contributed by atoms with E-state index in [4.69, 9.17) is 18.9 Å². The van der Waals surface area contributed by atoms with E-state index >= 15 is 0 Å². The van der Waals surface area contributed by atoms with Crippen molar-refractivity contribution in [3.8, 4) is 17.2 Å². The summed E-state index contributed by atoms with van der Waals surface area (Å²) in [6.07, 6.45) is -3.06. The van der Waals surface area contributed by atoms with Gasteiger partial charge in [0.25, 0.3) is 0 Å². The van der Waals surface area contributed by atoms with Gasteiger partial charge in [0.2, 0.25) is 12.7 Å². The largest absolute Gasteiger partial charge is 0.491 e. The highest BCUT2D eigenvalue weighted by Crippen LogP contribution is 2.35. The molecule has 2 heterocycles. The molecule has 1 fully saturated rings. The molecule has 0 aromatic heterocycles. The lowest BCUT2D eigenvalue weighted by Gasteiger charge is -2.32. The number of rotatable bonds is 5. The quantitative estimate of drug-likeness (QED) is 0.508. The van der Waals surface area contributed by atoms with E-state index in [1.165, 1.54) is 4.90 Å². The van der Waals surface area contributed by atoms with Crippen LogP contribution >= 0.6 is 0 Å². The Morgan fingerprint density at radius 3 is 2.78 bits per heavy atom. The molecular weight excluding hydrogens is 434 g/mol. The third-order valence-corrected chi connectivity index (χ3v) is 4.96. The Morgan fingerprint density at radius 2 is 1.97 bits per heavy atom. The minimum atomic E-state index is -4.74. The first-order valence-electron chi connectivity index (χ1n) is 9.77. The Balaban J connectivity index is 1.36. The zero-order valence-electron chi connectivity index (χ0n) is 16.7. The summed E-state index contributed by atoms with van der Waals surface area (Å²) in [6.45, 7) is 1.09. The van der Waals surface area contributed by atoms with Crippen molar-refractivity contribution in [2.24, 2.45) is 0 Å². The van der Waals surface area contributed by atoms with E-state index in [1.807, 2.05) is 0 Å². The second kappa shape index (κ2) is 9.07. The molecular formula is C22H19F4NO5. The Morgan fingerprint density at radius 1 is 1.16 bits per heavy atom. The fraction of sp³-hybridized carbons (Fsp3) is 0.318. The summed E-state index contributed by atoms with van der Waals surface area (Å²) in [4.78, 5) is 14.0. The van der Waals surface area contributed by atoms with E-state index in [9.17, 15) is 22.4 Å². The third-order valence-electron chi connectivity index (χ3n) is 4.96. The summed E-state index contributed by atoms with van der Waals surface area (Å²) < 4.78 is 74.5. The summed E-state index contributed by atoms with van der Waals surface area (Å²) in [5.41, 5.74) is -1.43. The third kappa shape index (κ3) is 5.13. The van der Waals surface area contributed by atoms with Gasteiger partial charge in [-0.2, -0.15) is 13.2 Å². The number of benzene rings is 2. The minimum absolute atomic E-state index is 0.150. The first-order valence-corrected chi connectivity index (χ1v) is 9.77. The molecule has 2 aromatic rings. The number of nitrogens with zero attached hydrogens (tertiary/aromatic N) is 1. The van der Waals surface area contributed by atoms with Gasteiger partial charge in [-0.25, -0.2) is 4.39 Å². The zero-order valence-corrected chi connectivity index (χ0v) is 16.7. The molecule has 1 saturated heterocycles. The van der Waals surface area contributed by atoms with Gasteiger partial charge in [0, 0.05) is 18.7 Å². The first-order chi connectivity index (χ1) is 15.3. The maximum Gasteiger partial charge on any atom is 0.417 e. The molecule has 6 nitrogen and oxygen atoms in total. The molecule has 0 bridgehead atoms. The van der Waals surface area contributed by atoms with Gasteiger partial charge in [-0.1, -0.05) is 6.07 Å². The van der Waals surface area contributed by atoms with Crippen molar-refractivity contribution in [2.75, 3.05) is 33.1 Å². The van der Waals surface area contributed by atoms with Gasteiger partial charge in [-0.15, -0.1) is 0 Å². The molecule has 10 heteroatoms. The highest BCUT2D eigenvalue weighted by Gasteiger charge is 2.33. The highest BCUT2D eigenvalue weighted by molar-refractivity contribution is 5.92. The normalized spacial score (nSPS) is 18.2. The molecule has 0 N–H and O–H groups in total. The molecule has 0 spiro atoms. The lowest BCUT2D eigenvalue weighted by Crippen LogP contribution is -2.47. The van der Waals surface area contributed by atoms with Crippen LogP contribution in [-0.4, -0.2) is 50.0 Å². The van der Waals surface area contributed by atoms with Crippen molar-refractivity contribution in [3.05, 3.63) is 59.4 Å². The van der Waals surface area contributed by atoms with Gasteiger partial charge in [0.1, 0.15) is 24.3 Å². The number of amides is 1. The number of morpholine rings is 1. The molecule has 1 unspecified atom stereocenters. The van der Waals surface area contributed by atoms with Crippen molar-refractivity contribution in [1.29, 1.82) is 0 Å². The van der Waals surface area contributed by atoms with E-state index in [-0.39, 0.29) is 32.1 Å². The summed E-state index contributed by atoms with van der Waals surface area (Å²) >= 11 is 0. The number of hydrogen-bond donors (Lipinski definition) is 0.